The Labute approximate surface area is 158 Å². The van der Waals surface area contributed by atoms with Crippen LogP contribution in [0.2, 0.25) is 5.02 Å². The lowest BCUT2D eigenvalue weighted by Gasteiger charge is -2.10. The molecule has 7 heteroatoms. The first-order chi connectivity index (χ1) is 12.3. The van der Waals surface area contributed by atoms with Crippen molar-refractivity contribution >= 4 is 29.6 Å². The molecule has 0 radical (unpaired) electrons. The third kappa shape index (κ3) is 4.73. The summed E-state index contributed by atoms with van der Waals surface area (Å²) in [5, 5.41) is 7.14. The summed E-state index contributed by atoms with van der Waals surface area (Å²) in [7, 11) is 0. The predicted octanol–water partition coefficient (Wildman–Crippen LogP) is 3.11. The lowest BCUT2D eigenvalue weighted by molar-refractivity contribution is -0.139. The van der Waals surface area contributed by atoms with Crippen molar-refractivity contribution in [2.45, 2.75) is 40.2 Å². The zero-order chi connectivity index (χ0) is 19.3. The number of carbonyl (C=O) groups excluding carboxylic acids is 2. The van der Waals surface area contributed by atoms with Crippen LogP contribution in [0.15, 0.2) is 35.4 Å². The predicted molar refractivity (Wildman–Crippen MR) is 104 cm³/mol. The molecule has 26 heavy (non-hydrogen) atoms. The smallest absolute Gasteiger partial charge is 0.329 e. The number of halogens is 1. The van der Waals surface area contributed by atoms with Crippen LogP contribution in [0, 0.1) is 13.8 Å². The van der Waals surface area contributed by atoms with Gasteiger partial charge in [-0.1, -0.05) is 24.6 Å². The van der Waals surface area contributed by atoms with Crippen LogP contribution in [0.5, 0.6) is 0 Å². The van der Waals surface area contributed by atoms with Gasteiger partial charge in [-0.05, 0) is 51.5 Å². The van der Waals surface area contributed by atoms with E-state index in [1.165, 1.54) is 6.21 Å². The van der Waals surface area contributed by atoms with Gasteiger partial charge < -0.3 is 9.88 Å². The highest BCUT2D eigenvalue weighted by molar-refractivity contribution is 6.35. The number of benzene rings is 1. The van der Waals surface area contributed by atoms with E-state index in [1.807, 2.05) is 62.6 Å². The molecule has 2 rings (SSSR count). The van der Waals surface area contributed by atoms with Crippen molar-refractivity contribution in [2.24, 2.45) is 5.10 Å². The van der Waals surface area contributed by atoms with Crippen LogP contribution in [-0.2, 0) is 9.59 Å². The first kappa shape index (κ1) is 19.7. The number of aromatic nitrogens is 1. The summed E-state index contributed by atoms with van der Waals surface area (Å²) in [5.74, 6) is -1.48. The van der Waals surface area contributed by atoms with E-state index in [4.69, 9.17) is 11.6 Å². The van der Waals surface area contributed by atoms with Crippen molar-refractivity contribution in [1.29, 1.82) is 0 Å². The van der Waals surface area contributed by atoms with Gasteiger partial charge in [0.25, 0.3) is 0 Å². The van der Waals surface area contributed by atoms with Crippen LogP contribution < -0.4 is 10.7 Å². The third-order valence-corrected chi connectivity index (χ3v) is 4.34. The average molecular weight is 375 g/mol. The van der Waals surface area contributed by atoms with E-state index in [0.717, 1.165) is 29.1 Å². The van der Waals surface area contributed by atoms with Crippen LogP contribution in [0.1, 0.15) is 37.2 Å². The minimum atomic E-state index is -0.787. The van der Waals surface area contributed by atoms with Crippen molar-refractivity contribution < 1.29 is 9.59 Å². The summed E-state index contributed by atoms with van der Waals surface area (Å²) >= 11 is 6.08. The van der Waals surface area contributed by atoms with Gasteiger partial charge in [-0.15, -0.1) is 0 Å². The van der Waals surface area contributed by atoms with Gasteiger partial charge in [-0.3, -0.25) is 9.59 Å². The molecule has 0 saturated carbocycles. The summed E-state index contributed by atoms with van der Waals surface area (Å²) in [4.78, 5) is 23.4. The van der Waals surface area contributed by atoms with Crippen LogP contribution in [0.4, 0.5) is 0 Å². The van der Waals surface area contributed by atoms with Gasteiger partial charge in [0.1, 0.15) is 0 Å². The van der Waals surface area contributed by atoms with E-state index in [1.54, 1.807) is 0 Å². The maximum Gasteiger partial charge on any atom is 0.329 e. The molecular weight excluding hydrogens is 352 g/mol. The standard InChI is InChI=1S/C19H23ClN4O2/c1-5-12(2)22-18(25)19(26)23-21-11-15-9-13(3)24(14(15)4)17-8-6-7-16(20)10-17/h6-12H,5H2,1-4H3,(H,22,25)(H,23,26)/b21-11-/t12-/m1/s1. The van der Waals surface area contributed by atoms with E-state index < -0.39 is 11.8 Å². The van der Waals surface area contributed by atoms with Crippen LogP contribution >= 0.6 is 11.6 Å². The highest BCUT2D eigenvalue weighted by atomic mass is 35.5. The molecular formula is C19H23ClN4O2. The Bertz CT molecular complexity index is 842. The number of amides is 2. The van der Waals surface area contributed by atoms with E-state index in [-0.39, 0.29) is 6.04 Å². The second kappa shape index (κ2) is 8.67. The van der Waals surface area contributed by atoms with Gasteiger partial charge in [0.2, 0.25) is 0 Å². The minimum absolute atomic E-state index is 0.0612. The van der Waals surface area contributed by atoms with E-state index in [0.29, 0.717) is 5.02 Å². The summed E-state index contributed by atoms with van der Waals surface area (Å²) in [6.07, 6.45) is 2.27. The second-order valence-electron chi connectivity index (χ2n) is 6.12. The molecule has 0 bridgehead atoms. The van der Waals surface area contributed by atoms with Gasteiger partial charge in [-0.25, -0.2) is 5.43 Å². The Hall–Kier alpha value is -2.60. The maximum atomic E-state index is 11.7. The van der Waals surface area contributed by atoms with Gasteiger partial charge in [0.15, 0.2) is 0 Å². The highest BCUT2D eigenvalue weighted by Gasteiger charge is 2.14. The molecule has 1 aromatic carbocycles. The number of aryl methyl sites for hydroxylation is 1. The minimum Gasteiger partial charge on any atom is -0.345 e. The molecule has 0 spiro atoms. The Morgan fingerprint density at radius 2 is 2.00 bits per heavy atom. The van der Waals surface area contributed by atoms with Crippen molar-refractivity contribution in [1.82, 2.24) is 15.3 Å². The SMILES string of the molecule is CC[C@@H](C)NC(=O)C(=O)N/N=C\c1cc(C)n(-c2cccc(Cl)c2)c1C. The van der Waals surface area contributed by atoms with Gasteiger partial charge >= 0.3 is 11.8 Å². The molecule has 6 nitrogen and oxygen atoms in total. The van der Waals surface area contributed by atoms with Crippen molar-refractivity contribution in [3.8, 4) is 5.69 Å². The van der Waals surface area contributed by atoms with Crippen LogP contribution in [0.3, 0.4) is 0 Å². The first-order valence-corrected chi connectivity index (χ1v) is 8.80. The zero-order valence-electron chi connectivity index (χ0n) is 15.3. The Balaban J connectivity index is 2.11. The lowest BCUT2D eigenvalue weighted by atomic mass is 10.2. The molecule has 1 atom stereocenters. The van der Waals surface area contributed by atoms with Gasteiger partial charge in [0.05, 0.1) is 6.21 Å². The molecule has 0 aliphatic carbocycles. The maximum absolute atomic E-state index is 11.7. The topological polar surface area (TPSA) is 75.5 Å². The van der Waals surface area contributed by atoms with E-state index in [2.05, 4.69) is 15.8 Å². The summed E-state index contributed by atoms with van der Waals surface area (Å²) in [5.41, 5.74) is 6.00. The number of hydrogen-bond donors (Lipinski definition) is 2. The summed E-state index contributed by atoms with van der Waals surface area (Å²) in [6, 6.07) is 9.44. The molecule has 0 saturated heterocycles. The van der Waals surface area contributed by atoms with Crippen molar-refractivity contribution in [3.05, 3.63) is 52.3 Å². The molecule has 0 unspecified atom stereocenters. The number of rotatable bonds is 5. The van der Waals surface area contributed by atoms with Gasteiger partial charge in [-0.2, -0.15) is 5.10 Å². The lowest BCUT2D eigenvalue weighted by Crippen LogP contribution is -2.41. The normalized spacial score (nSPS) is 12.2. The fraction of sp³-hybridized carbons (Fsp3) is 0.316. The van der Waals surface area contributed by atoms with E-state index >= 15 is 0 Å². The monoisotopic (exact) mass is 374 g/mol. The quantitative estimate of drug-likeness (QED) is 0.479. The second-order valence-corrected chi connectivity index (χ2v) is 6.56. The summed E-state index contributed by atoms with van der Waals surface area (Å²) in [6.45, 7) is 7.69. The Morgan fingerprint density at radius 1 is 1.27 bits per heavy atom. The molecule has 1 heterocycles. The number of hydrazone groups is 1. The number of hydrogen-bond acceptors (Lipinski definition) is 3. The highest BCUT2D eigenvalue weighted by Crippen LogP contribution is 2.22. The van der Waals surface area contributed by atoms with E-state index in [9.17, 15) is 9.59 Å². The molecule has 0 aliphatic rings. The first-order valence-electron chi connectivity index (χ1n) is 8.42. The number of nitrogens with zero attached hydrogens (tertiary/aromatic N) is 2. The summed E-state index contributed by atoms with van der Waals surface area (Å²) < 4.78 is 2.05. The molecule has 138 valence electrons. The largest absolute Gasteiger partial charge is 0.345 e. The molecule has 2 aromatic rings. The molecule has 2 amide bonds. The Kier molecular flexibility index (Phi) is 6.58. The molecule has 1 aromatic heterocycles. The molecule has 2 N–H and O–H groups in total. The van der Waals surface area contributed by atoms with Crippen LogP contribution in [0.25, 0.3) is 5.69 Å². The van der Waals surface area contributed by atoms with Gasteiger partial charge in [0, 0.05) is 33.7 Å². The van der Waals surface area contributed by atoms with Crippen molar-refractivity contribution in [2.75, 3.05) is 0 Å². The molecule has 0 fully saturated rings. The number of carbonyl (C=O) groups is 2. The fourth-order valence-corrected chi connectivity index (χ4v) is 2.72. The number of nitrogens with one attached hydrogen (secondary N) is 2. The fourth-order valence-electron chi connectivity index (χ4n) is 2.53. The zero-order valence-corrected chi connectivity index (χ0v) is 16.1. The average Bonchev–Trinajstić information content (AvgIpc) is 2.88. The third-order valence-electron chi connectivity index (χ3n) is 4.10. The Morgan fingerprint density at radius 3 is 2.65 bits per heavy atom. The van der Waals surface area contributed by atoms with Crippen LogP contribution in [-0.4, -0.2) is 28.6 Å². The van der Waals surface area contributed by atoms with Crippen molar-refractivity contribution in [3.63, 3.8) is 0 Å². The molecule has 0 aliphatic heterocycles.